The minimum absolute atomic E-state index is 0.190. The second-order valence-electron chi connectivity index (χ2n) is 4.60. The second-order valence-corrected chi connectivity index (χ2v) is 4.60. The van der Waals surface area contributed by atoms with Gasteiger partial charge in [0.2, 0.25) is 11.8 Å². The largest absolute Gasteiger partial charge is 0.346 e. The number of rotatable bonds is 1. The van der Waals surface area contributed by atoms with Crippen molar-refractivity contribution in [2.45, 2.75) is 25.7 Å². The van der Waals surface area contributed by atoms with Crippen molar-refractivity contribution >= 4 is 22.8 Å². The van der Waals surface area contributed by atoms with Crippen molar-refractivity contribution in [2.24, 2.45) is 0 Å². The molecule has 2 aromatic heterocycles. The van der Waals surface area contributed by atoms with Crippen molar-refractivity contribution in [2.75, 3.05) is 0 Å². The van der Waals surface area contributed by atoms with E-state index in [1.165, 1.54) is 0 Å². The van der Waals surface area contributed by atoms with Gasteiger partial charge in [-0.2, -0.15) is 0 Å². The maximum absolute atomic E-state index is 11.8. The lowest BCUT2D eigenvalue weighted by atomic mass is 9.90. The van der Waals surface area contributed by atoms with Gasteiger partial charge in [-0.3, -0.25) is 14.9 Å². The molecule has 2 amide bonds. The zero-order chi connectivity index (χ0) is 12.7. The molecule has 0 aromatic carbocycles. The molecular weight excluding hydrogens is 230 g/mol. The number of aromatic nitrogens is 2. The summed E-state index contributed by atoms with van der Waals surface area (Å²) in [6, 6.07) is 3.89. The van der Waals surface area contributed by atoms with Crippen molar-refractivity contribution in [3.63, 3.8) is 0 Å². The summed E-state index contributed by atoms with van der Waals surface area (Å²) in [5.74, 6) is -0.668. The molecule has 92 valence electrons. The number of piperidine rings is 1. The molecule has 0 radical (unpaired) electrons. The molecule has 1 fully saturated rings. The van der Waals surface area contributed by atoms with E-state index >= 15 is 0 Å². The van der Waals surface area contributed by atoms with Gasteiger partial charge in [-0.05, 0) is 31.0 Å². The lowest BCUT2D eigenvalue weighted by molar-refractivity contribution is -0.134. The van der Waals surface area contributed by atoms with Crippen LogP contribution >= 0.6 is 0 Å². The minimum atomic E-state index is -0.263. The lowest BCUT2D eigenvalue weighted by Gasteiger charge is -2.20. The number of amides is 2. The minimum Gasteiger partial charge on any atom is -0.346 e. The fourth-order valence-electron chi connectivity index (χ4n) is 2.40. The van der Waals surface area contributed by atoms with Crippen LogP contribution in [0.15, 0.2) is 18.3 Å². The van der Waals surface area contributed by atoms with Crippen molar-refractivity contribution in [3.8, 4) is 0 Å². The second kappa shape index (κ2) is 3.94. The highest BCUT2D eigenvalue weighted by atomic mass is 16.2. The molecule has 1 atom stereocenters. The van der Waals surface area contributed by atoms with E-state index in [-0.39, 0.29) is 17.7 Å². The maximum atomic E-state index is 11.8. The number of H-pyrrole nitrogens is 1. The van der Waals surface area contributed by atoms with Gasteiger partial charge >= 0.3 is 0 Å². The van der Waals surface area contributed by atoms with Crippen LogP contribution in [0.5, 0.6) is 0 Å². The number of aromatic amines is 1. The van der Waals surface area contributed by atoms with Gasteiger partial charge in [0.25, 0.3) is 0 Å². The molecule has 2 aromatic rings. The standard InChI is InChI=1S/C13H13N3O2/c1-7-2-3-8-10(6-14-12(8)15-7)9-4-5-11(17)16-13(9)18/h2-3,6,9H,4-5H2,1H3,(H,14,15)(H,16,17,18). The molecule has 1 aliphatic rings. The molecule has 5 heteroatoms. The van der Waals surface area contributed by atoms with E-state index in [9.17, 15) is 9.59 Å². The van der Waals surface area contributed by atoms with Crippen molar-refractivity contribution < 1.29 is 9.59 Å². The van der Waals surface area contributed by atoms with Crippen LogP contribution in [-0.4, -0.2) is 21.8 Å². The van der Waals surface area contributed by atoms with Gasteiger partial charge in [0.1, 0.15) is 5.65 Å². The average Bonchev–Trinajstić information content (AvgIpc) is 2.72. The Bertz CT molecular complexity index is 645. The van der Waals surface area contributed by atoms with Crippen LogP contribution in [0.2, 0.25) is 0 Å². The first-order chi connectivity index (χ1) is 8.65. The molecule has 3 rings (SSSR count). The van der Waals surface area contributed by atoms with E-state index in [0.29, 0.717) is 12.8 Å². The third-order valence-electron chi connectivity index (χ3n) is 3.32. The normalized spacial score (nSPS) is 20.2. The van der Waals surface area contributed by atoms with E-state index in [1.807, 2.05) is 25.3 Å². The van der Waals surface area contributed by atoms with Crippen LogP contribution in [0.4, 0.5) is 0 Å². The Morgan fingerprint density at radius 1 is 1.33 bits per heavy atom. The molecule has 2 N–H and O–H groups in total. The number of pyridine rings is 1. The number of aryl methyl sites for hydroxylation is 1. The fourth-order valence-corrected chi connectivity index (χ4v) is 2.40. The number of nitrogens with zero attached hydrogens (tertiary/aromatic N) is 1. The van der Waals surface area contributed by atoms with Crippen molar-refractivity contribution in [3.05, 3.63) is 29.6 Å². The van der Waals surface area contributed by atoms with E-state index in [1.54, 1.807) is 0 Å². The monoisotopic (exact) mass is 243 g/mol. The first-order valence-corrected chi connectivity index (χ1v) is 5.93. The summed E-state index contributed by atoms with van der Waals surface area (Å²) in [4.78, 5) is 30.5. The van der Waals surface area contributed by atoms with Gasteiger partial charge < -0.3 is 4.98 Å². The number of carbonyl (C=O) groups is 2. The molecule has 1 unspecified atom stereocenters. The summed E-state index contributed by atoms with van der Waals surface area (Å²) >= 11 is 0. The van der Waals surface area contributed by atoms with E-state index in [0.717, 1.165) is 22.3 Å². The number of imide groups is 1. The van der Waals surface area contributed by atoms with Crippen molar-refractivity contribution in [1.82, 2.24) is 15.3 Å². The number of fused-ring (bicyclic) bond motifs is 1. The summed E-state index contributed by atoms with van der Waals surface area (Å²) in [7, 11) is 0. The molecule has 0 aliphatic carbocycles. The highest BCUT2D eigenvalue weighted by Crippen LogP contribution is 2.30. The van der Waals surface area contributed by atoms with Gasteiger partial charge in [-0.25, -0.2) is 4.98 Å². The number of hydrogen-bond donors (Lipinski definition) is 2. The Hall–Kier alpha value is -2.17. The molecule has 3 heterocycles. The Morgan fingerprint density at radius 3 is 2.94 bits per heavy atom. The van der Waals surface area contributed by atoms with Gasteiger partial charge in [-0.15, -0.1) is 0 Å². The topological polar surface area (TPSA) is 74.8 Å². The first-order valence-electron chi connectivity index (χ1n) is 5.93. The van der Waals surface area contributed by atoms with Crippen molar-refractivity contribution in [1.29, 1.82) is 0 Å². The molecule has 1 aliphatic heterocycles. The predicted molar refractivity (Wildman–Crippen MR) is 66.0 cm³/mol. The Balaban J connectivity index is 2.04. The van der Waals surface area contributed by atoms with E-state index < -0.39 is 0 Å². The molecule has 18 heavy (non-hydrogen) atoms. The van der Waals surface area contributed by atoms with E-state index in [2.05, 4.69) is 15.3 Å². The molecular formula is C13H13N3O2. The highest BCUT2D eigenvalue weighted by Gasteiger charge is 2.29. The Morgan fingerprint density at radius 2 is 2.17 bits per heavy atom. The van der Waals surface area contributed by atoms with E-state index in [4.69, 9.17) is 0 Å². The van der Waals surface area contributed by atoms with Crippen LogP contribution in [0.25, 0.3) is 11.0 Å². The van der Waals surface area contributed by atoms with Crippen LogP contribution < -0.4 is 5.32 Å². The highest BCUT2D eigenvalue weighted by molar-refractivity contribution is 6.02. The average molecular weight is 243 g/mol. The molecule has 1 saturated heterocycles. The van der Waals surface area contributed by atoms with Crippen LogP contribution in [-0.2, 0) is 9.59 Å². The zero-order valence-corrected chi connectivity index (χ0v) is 9.99. The first kappa shape index (κ1) is 11.0. The summed E-state index contributed by atoms with van der Waals surface area (Å²) in [6.07, 6.45) is 2.77. The molecule has 0 spiro atoms. The summed E-state index contributed by atoms with van der Waals surface area (Å²) < 4.78 is 0. The molecule has 5 nitrogen and oxygen atoms in total. The molecule has 0 saturated carbocycles. The van der Waals surface area contributed by atoms with Crippen LogP contribution in [0.1, 0.15) is 30.0 Å². The Kier molecular flexibility index (Phi) is 2.40. The fraction of sp³-hybridized carbons (Fsp3) is 0.308. The number of hydrogen-bond acceptors (Lipinski definition) is 3. The Labute approximate surface area is 104 Å². The smallest absolute Gasteiger partial charge is 0.234 e. The summed E-state index contributed by atoms with van der Waals surface area (Å²) in [6.45, 7) is 1.92. The van der Waals surface area contributed by atoms with Gasteiger partial charge in [0.05, 0.1) is 5.92 Å². The zero-order valence-electron chi connectivity index (χ0n) is 9.99. The van der Waals surface area contributed by atoms with Gasteiger partial charge in [0, 0.05) is 23.7 Å². The predicted octanol–water partition coefficient (Wildman–Crippen LogP) is 1.39. The van der Waals surface area contributed by atoms with Gasteiger partial charge in [0.15, 0.2) is 0 Å². The molecule has 0 bridgehead atoms. The number of nitrogens with one attached hydrogen (secondary N) is 2. The number of carbonyl (C=O) groups excluding carboxylic acids is 2. The van der Waals surface area contributed by atoms with Crippen LogP contribution in [0, 0.1) is 6.92 Å². The maximum Gasteiger partial charge on any atom is 0.234 e. The lowest BCUT2D eigenvalue weighted by Crippen LogP contribution is -2.39. The van der Waals surface area contributed by atoms with Gasteiger partial charge in [-0.1, -0.05) is 0 Å². The third-order valence-corrected chi connectivity index (χ3v) is 3.32. The van der Waals surface area contributed by atoms with Crippen LogP contribution in [0.3, 0.4) is 0 Å². The SMILES string of the molecule is Cc1ccc2c(C3CCC(=O)NC3=O)c[nH]c2n1. The summed E-state index contributed by atoms with van der Waals surface area (Å²) in [5, 5.41) is 3.34. The summed E-state index contributed by atoms with van der Waals surface area (Å²) in [5.41, 5.74) is 2.64. The quantitative estimate of drug-likeness (QED) is 0.743. The third kappa shape index (κ3) is 1.68.